The molecule has 0 saturated carbocycles. The van der Waals surface area contributed by atoms with Crippen LogP contribution in [0, 0.1) is 11.6 Å². The second-order valence-corrected chi connectivity index (χ2v) is 5.16. The Morgan fingerprint density at radius 1 is 1.19 bits per heavy atom. The number of pyridine rings is 1. The molecular weight excluding hydrogens is 342 g/mol. The van der Waals surface area contributed by atoms with E-state index in [2.05, 4.69) is 25.9 Å². The van der Waals surface area contributed by atoms with Gasteiger partial charge in [-0.3, -0.25) is 4.57 Å². The summed E-state index contributed by atoms with van der Waals surface area (Å²) in [5, 5.41) is 0. The van der Waals surface area contributed by atoms with Gasteiger partial charge in [-0.05, 0) is 34.1 Å². The highest BCUT2D eigenvalue weighted by Crippen LogP contribution is 2.29. The molecule has 2 heterocycles. The monoisotopic (exact) mass is 350 g/mol. The fourth-order valence-corrected chi connectivity index (χ4v) is 2.33. The normalized spacial score (nSPS) is 10.8. The zero-order valence-electron chi connectivity index (χ0n) is 10.6. The van der Waals surface area contributed by atoms with E-state index in [0.717, 1.165) is 12.1 Å². The van der Waals surface area contributed by atoms with Gasteiger partial charge >= 0.3 is 0 Å². The molecule has 0 amide bonds. The summed E-state index contributed by atoms with van der Waals surface area (Å²) in [4.78, 5) is 7.97. The third-order valence-corrected chi connectivity index (χ3v) is 3.61. The minimum Gasteiger partial charge on any atom is -0.383 e. The van der Waals surface area contributed by atoms with Crippen molar-refractivity contribution in [3.63, 3.8) is 0 Å². The van der Waals surface area contributed by atoms with Gasteiger partial charge in [-0.2, -0.15) is 0 Å². The molecule has 0 fully saturated rings. The number of hydrogen-bond donors (Lipinski definition) is 1. The fraction of sp³-hybridized carbons (Fsp3) is 0. The maximum absolute atomic E-state index is 14.1. The van der Waals surface area contributed by atoms with Gasteiger partial charge in [-0.1, -0.05) is 0 Å². The third kappa shape index (κ3) is 2.40. The number of imidazole rings is 1. The molecule has 0 atom stereocenters. The number of nitrogens with zero attached hydrogens (tertiary/aromatic N) is 3. The van der Waals surface area contributed by atoms with Crippen LogP contribution in [0.25, 0.3) is 16.9 Å². The number of benzene rings is 1. The number of anilines is 1. The van der Waals surface area contributed by atoms with Crippen molar-refractivity contribution in [2.24, 2.45) is 0 Å². The van der Waals surface area contributed by atoms with Crippen molar-refractivity contribution in [3.8, 4) is 16.9 Å². The topological polar surface area (TPSA) is 56.7 Å². The standard InChI is InChI=1S/C14H9BrF2N4/c15-9-4-11(17)12(5-10(9)16)21-7-19-6-13(21)8-2-1-3-20-14(8)18/h1-7H,(H2,18,20). The summed E-state index contributed by atoms with van der Waals surface area (Å²) in [6.07, 6.45) is 4.47. The Hall–Kier alpha value is -2.28. The van der Waals surface area contributed by atoms with Crippen LogP contribution in [0.5, 0.6) is 0 Å². The number of nitrogens with two attached hydrogens (primary N) is 1. The van der Waals surface area contributed by atoms with Gasteiger partial charge in [-0.15, -0.1) is 0 Å². The van der Waals surface area contributed by atoms with E-state index in [-0.39, 0.29) is 16.0 Å². The molecule has 3 aromatic rings. The molecule has 0 aliphatic rings. The molecule has 3 rings (SSSR count). The Kier molecular flexibility index (Phi) is 3.42. The van der Waals surface area contributed by atoms with Gasteiger partial charge in [0.15, 0.2) is 0 Å². The van der Waals surface area contributed by atoms with Gasteiger partial charge in [0, 0.05) is 17.8 Å². The zero-order chi connectivity index (χ0) is 15.0. The Labute approximate surface area is 127 Å². The first kappa shape index (κ1) is 13.7. The van der Waals surface area contributed by atoms with E-state index in [9.17, 15) is 8.78 Å². The Bertz CT molecular complexity index is 816. The molecule has 0 bridgehead atoms. The van der Waals surface area contributed by atoms with Gasteiger partial charge in [0.2, 0.25) is 0 Å². The second kappa shape index (κ2) is 5.25. The lowest BCUT2D eigenvalue weighted by molar-refractivity contribution is 0.587. The quantitative estimate of drug-likeness (QED) is 0.719. The number of nitrogen functional groups attached to an aromatic ring is 1. The van der Waals surface area contributed by atoms with E-state index >= 15 is 0 Å². The van der Waals surface area contributed by atoms with E-state index in [1.165, 1.54) is 17.1 Å². The van der Waals surface area contributed by atoms with Crippen LogP contribution in [0.3, 0.4) is 0 Å². The summed E-state index contributed by atoms with van der Waals surface area (Å²) < 4.78 is 29.3. The maximum atomic E-state index is 14.1. The van der Waals surface area contributed by atoms with Crippen LogP contribution in [-0.2, 0) is 0 Å². The average Bonchev–Trinajstić information content (AvgIpc) is 2.92. The van der Waals surface area contributed by atoms with Crippen molar-refractivity contribution in [1.82, 2.24) is 14.5 Å². The first-order chi connectivity index (χ1) is 10.1. The summed E-state index contributed by atoms with van der Waals surface area (Å²) in [7, 11) is 0. The molecule has 7 heteroatoms. The smallest absolute Gasteiger partial charge is 0.148 e. The van der Waals surface area contributed by atoms with E-state index in [1.54, 1.807) is 18.3 Å². The van der Waals surface area contributed by atoms with E-state index < -0.39 is 11.6 Å². The minimum absolute atomic E-state index is 0.0476. The number of rotatable bonds is 2. The lowest BCUT2D eigenvalue weighted by Crippen LogP contribution is -2.02. The fourth-order valence-electron chi connectivity index (χ4n) is 2.02. The van der Waals surface area contributed by atoms with Crippen molar-refractivity contribution in [3.05, 3.63) is 59.1 Å². The molecule has 0 aliphatic carbocycles. The predicted molar refractivity (Wildman–Crippen MR) is 78.8 cm³/mol. The highest BCUT2D eigenvalue weighted by Gasteiger charge is 2.15. The Morgan fingerprint density at radius 2 is 2.00 bits per heavy atom. The van der Waals surface area contributed by atoms with Crippen LogP contribution in [0.4, 0.5) is 14.6 Å². The molecule has 0 aliphatic heterocycles. The Morgan fingerprint density at radius 3 is 2.76 bits per heavy atom. The third-order valence-electron chi connectivity index (χ3n) is 3.00. The Balaban J connectivity index is 2.21. The van der Waals surface area contributed by atoms with E-state index in [4.69, 9.17) is 5.73 Å². The van der Waals surface area contributed by atoms with Gasteiger partial charge in [0.05, 0.1) is 28.4 Å². The maximum Gasteiger partial charge on any atom is 0.148 e. The van der Waals surface area contributed by atoms with Crippen molar-refractivity contribution in [1.29, 1.82) is 0 Å². The van der Waals surface area contributed by atoms with Crippen molar-refractivity contribution < 1.29 is 8.78 Å². The molecular formula is C14H9BrF2N4. The first-order valence-electron chi connectivity index (χ1n) is 5.96. The van der Waals surface area contributed by atoms with Gasteiger partial charge in [0.25, 0.3) is 0 Å². The molecule has 2 N–H and O–H groups in total. The SMILES string of the molecule is Nc1ncccc1-c1cncn1-c1cc(F)c(Br)cc1F. The summed E-state index contributed by atoms with van der Waals surface area (Å²) >= 11 is 2.95. The van der Waals surface area contributed by atoms with Crippen molar-refractivity contribution in [2.45, 2.75) is 0 Å². The number of hydrogen-bond acceptors (Lipinski definition) is 3. The molecule has 4 nitrogen and oxygen atoms in total. The highest BCUT2D eigenvalue weighted by molar-refractivity contribution is 9.10. The largest absolute Gasteiger partial charge is 0.383 e. The highest BCUT2D eigenvalue weighted by atomic mass is 79.9. The van der Waals surface area contributed by atoms with Crippen LogP contribution in [0.15, 0.2) is 47.5 Å². The molecule has 2 aromatic heterocycles. The van der Waals surface area contributed by atoms with Crippen molar-refractivity contribution in [2.75, 3.05) is 5.73 Å². The van der Waals surface area contributed by atoms with Crippen LogP contribution in [0.2, 0.25) is 0 Å². The molecule has 106 valence electrons. The lowest BCUT2D eigenvalue weighted by Gasteiger charge is -2.11. The summed E-state index contributed by atoms with van der Waals surface area (Å²) in [5.74, 6) is -0.854. The number of aromatic nitrogens is 3. The van der Waals surface area contributed by atoms with Gasteiger partial charge < -0.3 is 5.73 Å². The molecule has 0 saturated heterocycles. The van der Waals surface area contributed by atoms with Crippen LogP contribution in [0.1, 0.15) is 0 Å². The predicted octanol–water partition coefficient (Wildman–Crippen LogP) is 3.56. The zero-order valence-corrected chi connectivity index (χ0v) is 12.2. The van der Waals surface area contributed by atoms with Crippen molar-refractivity contribution >= 4 is 21.7 Å². The summed E-state index contributed by atoms with van der Waals surface area (Å²) in [6.45, 7) is 0. The molecule has 21 heavy (non-hydrogen) atoms. The summed E-state index contributed by atoms with van der Waals surface area (Å²) in [5.41, 5.74) is 6.99. The van der Waals surface area contributed by atoms with Gasteiger partial charge in [0.1, 0.15) is 17.5 Å². The number of halogens is 3. The van der Waals surface area contributed by atoms with Crippen LogP contribution < -0.4 is 5.73 Å². The second-order valence-electron chi connectivity index (χ2n) is 4.30. The van der Waals surface area contributed by atoms with E-state index in [0.29, 0.717) is 11.3 Å². The van der Waals surface area contributed by atoms with Crippen LogP contribution >= 0.6 is 15.9 Å². The lowest BCUT2D eigenvalue weighted by atomic mass is 10.2. The summed E-state index contributed by atoms with van der Waals surface area (Å²) in [6, 6.07) is 5.61. The molecule has 0 radical (unpaired) electrons. The minimum atomic E-state index is -0.579. The molecule has 1 aromatic carbocycles. The average molecular weight is 351 g/mol. The first-order valence-corrected chi connectivity index (χ1v) is 6.75. The molecule has 0 spiro atoms. The molecule has 0 unspecified atom stereocenters. The van der Waals surface area contributed by atoms with E-state index in [1.807, 2.05) is 0 Å². The van der Waals surface area contributed by atoms with Gasteiger partial charge in [-0.25, -0.2) is 18.7 Å². The van der Waals surface area contributed by atoms with Crippen LogP contribution in [-0.4, -0.2) is 14.5 Å².